The maximum atomic E-state index is 14.3. The number of phenols is 1. The summed E-state index contributed by atoms with van der Waals surface area (Å²) in [5, 5.41) is 9.52. The van der Waals surface area contributed by atoms with Crippen molar-refractivity contribution in [3.63, 3.8) is 0 Å². The van der Waals surface area contributed by atoms with Gasteiger partial charge in [0.2, 0.25) is 6.17 Å². The molecule has 1 saturated carbocycles. The molecule has 0 aliphatic heterocycles. The highest BCUT2D eigenvalue weighted by molar-refractivity contribution is 7.86. The molecule has 2 unspecified atom stereocenters. The maximum absolute atomic E-state index is 14.3. The molecule has 2 aromatic carbocycles. The largest absolute Gasteiger partial charge is 0.506 e. The molecule has 32 heavy (non-hydrogen) atoms. The Bertz CT molecular complexity index is 1310. The summed E-state index contributed by atoms with van der Waals surface area (Å²) in [6, 6.07) is 4.08. The van der Waals surface area contributed by atoms with Crippen molar-refractivity contribution >= 4 is 20.2 Å². The van der Waals surface area contributed by atoms with E-state index < -0.39 is 65.4 Å². The number of rotatable bonds is 5. The van der Waals surface area contributed by atoms with Crippen molar-refractivity contribution in [3.8, 4) is 22.6 Å². The van der Waals surface area contributed by atoms with Crippen molar-refractivity contribution in [2.24, 2.45) is 0 Å². The lowest BCUT2D eigenvalue weighted by Crippen LogP contribution is -2.80. The SMILES string of the molecule is O=S(=O)(O)c1cc(-c2ccc(OC3(F)C(F)C(F)(F)C3(F)F)c(S(=O)(=O)O)c2)ccc1O. The molecule has 3 N–H and O–H groups in total. The Morgan fingerprint density at radius 3 is 1.75 bits per heavy atom. The van der Waals surface area contributed by atoms with Crippen LogP contribution in [0.25, 0.3) is 11.1 Å². The van der Waals surface area contributed by atoms with Gasteiger partial charge >= 0.3 is 17.7 Å². The number of benzene rings is 2. The minimum Gasteiger partial charge on any atom is -0.506 e. The number of phenolic OH excluding ortho intramolecular Hbond substituents is 1. The van der Waals surface area contributed by atoms with Gasteiger partial charge in [0.1, 0.15) is 21.3 Å². The number of aromatic hydroxyl groups is 1. The van der Waals surface area contributed by atoms with E-state index in [1.165, 1.54) is 0 Å². The lowest BCUT2D eigenvalue weighted by molar-refractivity contribution is -0.445. The normalized spacial score (nSPS) is 24.6. The Labute approximate surface area is 175 Å². The van der Waals surface area contributed by atoms with Gasteiger partial charge < -0.3 is 9.84 Å². The van der Waals surface area contributed by atoms with Crippen LogP contribution in [0.3, 0.4) is 0 Å². The molecular weight excluding hydrogens is 498 g/mol. The molecule has 8 nitrogen and oxygen atoms in total. The van der Waals surface area contributed by atoms with Crippen LogP contribution in [0.1, 0.15) is 0 Å². The topological polar surface area (TPSA) is 138 Å². The monoisotopic (exact) mass is 508 g/mol. The molecule has 1 fully saturated rings. The van der Waals surface area contributed by atoms with E-state index >= 15 is 0 Å². The molecule has 1 aliphatic carbocycles. The highest BCUT2D eigenvalue weighted by Crippen LogP contribution is 2.62. The average molecular weight is 508 g/mol. The molecule has 0 heterocycles. The second-order valence-corrected chi connectivity index (χ2v) is 9.38. The number of hydrogen-bond acceptors (Lipinski definition) is 6. The second-order valence-electron chi connectivity index (χ2n) is 6.60. The van der Waals surface area contributed by atoms with Crippen LogP contribution in [0, 0.1) is 0 Å². The third-order valence-corrected chi connectivity index (χ3v) is 6.30. The zero-order chi connectivity index (χ0) is 24.5. The summed E-state index contributed by atoms with van der Waals surface area (Å²) < 4.78 is 149. The summed E-state index contributed by atoms with van der Waals surface area (Å²) in [5.41, 5.74) is -0.545. The number of ether oxygens (including phenoxy) is 1. The second kappa shape index (κ2) is 6.97. The van der Waals surface area contributed by atoms with Gasteiger partial charge in [-0.3, -0.25) is 9.11 Å². The van der Waals surface area contributed by atoms with Crippen LogP contribution in [0.5, 0.6) is 11.5 Å². The predicted octanol–water partition coefficient (Wildman–Crippen LogP) is 3.22. The van der Waals surface area contributed by atoms with Gasteiger partial charge in [-0.2, -0.15) is 38.8 Å². The lowest BCUT2D eigenvalue weighted by atomic mass is 9.80. The Morgan fingerprint density at radius 2 is 1.28 bits per heavy atom. The van der Waals surface area contributed by atoms with Crippen LogP contribution in [-0.2, 0) is 20.2 Å². The van der Waals surface area contributed by atoms with E-state index in [1.54, 1.807) is 0 Å². The molecule has 2 atom stereocenters. The van der Waals surface area contributed by atoms with Gasteiger partial charge in [0.05, 0.1) is 0 Å². The van der Waals surface area contributed by atoms with Gasteiger partial charge in [0.25, 0.3) is 20.2 Å². The van der Waals surface area contributed by atoms with E-state index in [9.17, 15) is 52.8 Å². The zero-order valence-corrected chi connectivity index (χ0v) is 16.6. The highest BCUT2D eigenvalue weighted by atomic mass is 32.2. The molecule has 0 saturated heterocycles. The number of hydrogen-bond donors (Lipinski definition) is 3. The minimum absolute atomic E-state index is 0.231. The van der Waals surface area contributed by atoms with Gasteiger partial charge in [-0.05, 0) is 35.4 Å². The smallest absolute Gasteiger partial charge is 0.384 e. The average Bonchev–Trinajstić information content (AvgIpc) is 2.65. The molecule has 16 heteroatoms. The van der Waals surface area contributed by atoms with Gasteiger partial charge in [-0.15, -0.1) is 0 Å². The molecular formula is C16H10F6O8S2. The van der Waals surface area contributed by atoms with E-state index in [4.69, 9.17) is 4.55 Å². The van der Waals surface area contributed by atoms with Crippen molar-refractivity contribution in [1.82, 2.24) is 0 Å². The minimum atomic E-state index is -5.68. The summed E-state index contributed by atoms with van der Waals surface area (Å²) in [5.74, 6) is -18.4. The van der Waals surface area contributed by atoms with Crippen molar-refractivity contribution in [1.29, 1.82) is 0 Å². The van der Waals surface area contributed by atoms with Crippen molar-refractivity contribution in [2.45, 2.75) is 33.7 Å². The summed E-state index contributed by atoms with van der Waals surface area (Å²) >= 11 is 0. The molecule has 0 spiro atoms. The van der Waals surface area contributed by atoms with Crippen LogP contribution in [0.4, 0.5) is 26.3 Å². The molecule has 0 radical (unpaired) electrons. The third-order valence-electron chi connectivity index (χ3n) is 4.54. The summed E-state index contributed by atoms with van der Waals surface area (Å²) in [6.45, 7) is 0. The van der Waals surface area contributed by atoms with E-state index in [1.807, 2.05) is 0 Å². The summed E-state index contributed by atoms with van der Waals surface area (Å²) in [7, 11) is -10.4. The van der Waals surface area contributed by atoms with Crippen LogP contribution in [0.15, 0.2) is 46.2 Å². The number of alkyl halides is 6. The lowest BCUT2D eigenvalue weighted by Gasteiger charge is -2.49. The first kappa shape index (κ1) is 24.1. The Kier molecular flexibility index (Phi) is 5.24. The van der Waals surface area contributed by atoms with Gasteiger partial charge in [-0.1, -0.05) is 12.1 Å². The maximum Gasteiger partial charge on any atom is 0.384 e. The van der Waals surface area contributed by atoms with Gasteiger partial charge in [-0.25, -0.2) is 4.39 Å². The number of halogens is 6. The first-order valence-corrected chi connectivity index (χ1v) is 10.9. The fourth-order valence-electron chi connectivity index (χ4n) is 2.85. The van der Waals surface area contributed by atoms with Gasteiger partial charge in [0.15, 0.2) is 0 Å². The third kappa shape index (κ3) is 3.46. The van der Waals surface area contributed by atoms with E-state index in [0.717, 1.165) is 18.2 Å². The van der Waals surface area contributed by atoms with E-state index in [-0.39, 0.29) is 11.1 Å². The van der Waals surface area contributed by atoms with Crippen LogP contribution >= 0.6 is 0 Å². The quantitative estimate of drug-likeness (QED) is 0.414. The Morgan fingerprint density at radius 1 is 0.812 bits per heavy atom. The molecule has 2 aromatic rings. The molecule has 0 bridgehead atoms. The Hall–Kier alpha value is -2.56. The standard InChI is InChI=1S/C16H10F6O8S2/c17-13-14(18,19)16(21,22)15(13,20)30-10-4-2-8(6-12(10)32(27,28)29)7-1-3-9(23)11(5-7)31(24,25)26/h1-6,13,23H,(H,24,25,26)(H,27,28,29). The first-order valence-electron chi connectivity index (χ1n) is 8.04. The molecule has 0 amide bonds. The summed E-state index contributed by atoms with van der Waals surface area (Å²) in [6.07, 6.45) is -4.17. The van der Waals surface area contributed by atoms with E-state index in [0.29, 0.717) is 18.2 Å². The zero-order valence-electron chi connectivity index (χ0n) is 15.0. The molecule has 176 valence electrons. The highest BCUT2D eigenvalue weighted by Gasteiger charge is 2.92. The van der Waals surface area contributed by atoms with Crippen molar-refractivity contribution in [3.05, 3.63) is 36.4 Å². The predicted molar refractivity (Wildman–Crippen MR) is 92.4 cm³/mol. The first-order chi connectivity index (χ1) is 14.3. The van der Waals surface area contributed by atoms with Crippen molar-refractivity contribution in [2.75, 3.05) is 0 Å². The molecule has 3 rings (SSSR count). The summed E-state index contributed by atoms with van der Waals surface area (Å²) in [4.78, 5) is -2.46. The van der Waals surface area contributed by atoms with Gasteiger partial charge in [0, 0.05) is 0 Å². The van der Waals surface area contributed by atoms with E-state index in [2.05, 4.69) is 4.74 Å². The fraction of sp³-hybridized carbons (Fsp3) is 0.250. The molecule has 1 aliphatic rings. The Balaban J connectivity index is 2.12. The fourth-order valence-corrected chi connectivity index (χ4v) is 4.10. The van der Waals surface area contributed by atoms with Crippen LogP contribution < -0.4 is 4.74 Å². The molecule has 0 aromatic heterocycles. The van der Waals surface area contributed by atoms with Crippen LogP contribution in [-0.4, -0.2) is 54.9 Å². The van der Waals surface area contributed by atoms with Crippen molar-refractivity contribution < 1.29 is 62.1 Å². The van der Waals surface area contributed by atoms with Crippen LogP contribution in [0.2, 0.25) is 0 Å².